The first-order valence-corrected chi connectivity index (χ1v) is 8.20. The summed E-state index contributed by atoms with van der Waals surface area (Å²) in [7, 11) is 0. The van der Waals surface area contributed by atoms with Crippen LogP contribution in [-0.4, -0.2) is 15.3 Å². The summed E-state index contributed by atoms with van der Waals surface area (Å²) in [5.41, 5.74) is 0.724. The van der Waals surface area contributed by atoms with Crippen LogP contribution in [0.4, 0.5) is 0 Å². The average Bonchev–Trinajstić information content (AvgIpc) is 3.14. The van der Waals surface area contributed by atoms with Gasteiger partial charge >= 0.3 is 0 Å². The molecule has 2 aromatic carbocycles. The van der Waals surface area contributed by atoms with Crippen LogP contribution in [0.25, 0.3) is 32.3 Å². The summed E-state index contributed by atoms with van der Waals surface area (Å²) in [4.78, 5) is 0.710. The minimum Gasteiger partial charge on any atom is -0.508 e. The molecule has 4 nitrogen and oxygen atoms in total. The van der Waals surface area contributed by atoms with Crippen LogP contribution in [0.5, 0.6) is 5.75 Å². The third kappa shape index (κ3) is 2.57. The van der Waals surface area contributed by atoms with Gasteiger partial charge in [-0.3, -0.25) is 0 Å². The largest absolute Gasteiger partial charge is 0.508 e. The second-order valence-electron chi connectivity index (χ2n) is 4.84. The highest BCUT2D eigenvalue weighted by molar-refractivity contribution is 7.23. The third-order valence-corrected chi connectivity index (χ3v) is 5.22. The Labute approximate surface area is 144 Å². The summed E-state index contributed by atoms with van der Waals surface area (Å²) in [5.74, 6) is 0.903. The first-order valence-electron chi connectivity index (χ1n) is 6.62. The van der Waals surface area contributed by atoms with E-state index in [4.69, 9.17) is 27.6 Å². The van der Waals surface area contributed by atoms with Gasteiger partial charge in [0.15, 0.2) is 0 Å². The Hall–Kier alpha value is -2.08. The van der Waals surface area contributed by atoms with Gasteiger partial charge in [-0.05, 0) is 42.5 Å². The number of phenols is 1. The maximum atomic E-state index is 9.33. The molecule has 0 saturated heterocycles. The number of halogens is 2. The summed E-state index contributed by atoms with van der Waals surface area (Å²) in [6, 6.07) is 12.1. The molecule has 0 radical (unpaired) electrons. The number of rotatable bonds is 2. The zero-order valence-corrected chi connectivity index (χ0v) is 13.8. The number of benzene rings is 2. The molecule has 0 bridgehead atoms. The van der Waals surface area contributed by atoms with E-state index >= 15 is 0 Å². The molecule has 0 spiro atoms. The lowest BCUT2D eigenvalue weighted by Crippen LogP contribution is -1.76. The highest BCUT2D eigenvalue weighted by Gasteiger charge is 2.18. The maximum absolute atomic E-state index is 9.33. The minimum atomic E-state index is 0.179. The van der Waals surface area contributed by atoms with Gasteiger partial charge in [-0.15, -0.1) is 21.5 Å². The van der Waals surface area contributed by atoms with Crippen LogP contribution in [-0.2, 0) is 0 Å². The Morgan fingerprint density at radius 2 is 1.70 bits per heavy atom. The number of phenolic OH excluding ortho intramolecular Hbond substituents is 1. The second-order valence-corrected chi connectivity index (χ2v) is 6.71. The van der Waals surface area contributed by atoms with Gasteiger partial charge in [-0.1, -0.05) is 23.2 Å². The molecule has 114 valence electrons. The van der Waals surface area contributed by atoms with Crippen LogP contribution in [0, 0.1) is 0 Å². The van der Waals surface area contributed by atoms with Crippen LogP contribution < -0.4 is 0 Å². The molecule has 0 aliphatic carbocycles. The summed E-state index contributed by atoms with van der Waals surface area (Å²) in [6.45, 7) is 0. The van der Waals surface area contributed by atoms with E-state index in [0.717, 1.165) is 15.6 Å². The topological polar surface area (TPSA) is 59.2 Å². The lowest BCUT2D eigenvalue weighted by molar-refractivity contribution is 0.475. The van der Waals surface area contributed by atoms with Crippen molar-refractivity contribution in [3.8, 4) is 28.0 Å². The van der Waals surface area contributed by atoms with E-state index < -0.39 is 0 Å². The predicted molar refractivity (Wildman–Crippen MR) is 92.2 cm³/mol. The molecule has 0 fully saturated rings. The molecule has 0 unspecified atom stereocenters. The van der Waals surface area contributed by atoms with Crippen molar-refractivity contribution < 1.29 is 9.52 Å². The summed E-state index contributed by atoms with van der Waals surface area (Å²) < 4.78 is 6.72. The number of hydrogen-bond donors (Lipinski definition) is 1. The van der Waals surface area contributed by atoms with E-state index in [9.17, 15) is 5.11 Å². The van der Waals surface area contributed by atoms with Gasteiger partial charge in [-0.2, -0.15) is 0 Å². The van der Waals surface area contributed by atoms with Crippen molar-refractivity contribution in [1.82, 2.24) is 10.2 Å². The summed E-state index contributed by atoms with van der Waals surface area (Å²) >= 11 is 13.9. The molecular formula is C16H8Cl2N2O2S. The molecule has 7 heteroatoms. The molecule has 23 heavy (non-hydrogen) atoms. The molecule has 1 N–H and O–H groups in total. The fourth-order valence-corrected chi connectivity index (χ4v) is 3.79. The molecule has 0 atom stereocenters. The predicted octanol–water partition coefficient (Wildman–Crippen LogP) is 5.63. The maximum Gasteiger partial charge on any atom is 0.259 e. The van der Waals surface area contributed by atoms with Gasteiger partial charge < -0.3 is 9.52 Å². The summed E-state index contributed by atoms with van der Waals surface area (Å²) in [5, 5.41) is 19.5. The van der Waals surface area contributed by atoms with E-state index in [2.05, 4.69) is 10.2 Å². The standard InChI is InChI=1S/C16H8Cl2N2O2S/c17-9-3-6-12-11(7-9)13(18)14(23-12)16-20-19-15(22-16)8-1-4-10(21)5-2-8/h1-7,21H. The van der Waals surface area contributed by atoms with Crippen molar-refractivity contribution in [1.29, 1.82) is 0 Å². The first-order chi connectivity index (χ1) is 11.1. The fraction of sp³-hybridized carbons (Fsp3) is 0. The number of thiophene rings is 1. The lowest BCUT2D eigenvalue weighted by Gasteiger charge is -1.94. The Balaban J connectivity index is 1.80. The molecular weight excluding hydrogens is 355 g/mol. The van der Waals surface area contributed by atoms with Crippen molar-refractivity contribution in [3.63, 3.8) is 0 Å². The second kappa shape index (κ2) is 5.53. The molecule has 4 aromatic rings. The monoisotopic (exact) mass is 362 g/mol. The number of aromatic nitrogens is 2. The average molecular weight is 363 g/mol. The Bertz CT molecular complexity index is 1010. The van der Waals surface area contributed by atoms with E-state index in [1.54, 1.807) is 24.3 Å². The van der Waals surface area contributed by atoms with Gasteiger partial charge in [0.25, 0.3) is 5.89 Å². The van der Waals surface area contributed by atoms with Crippen molar-refractivity contribution in [2.75, 3.05) is 0 Å². The highest BCUT2D eigenvalue weighted by atomic mass is 35.5. The minimum absolute atomic E-state index is 0.179. The van der Waals surface area contributed by atoms with Gasteiger partial charge in [0, 0.05) is 20.7 Å². The SMILES string of the molecule is Oc1ccc(-c2nnc(-c3sc4ccc(Cl)cc4c3Cl)o2)cc1. The lowest BCUT2D eigenvalue weighted by atomic mass is 10.2. The van der Waals surface area contributed by atoms with Crippen LogP contribution in [0.3, 0.4) is 0 Å². The van der Waals surface area contributed by atoms with Crippen LogP contribution >= 0.6 is 34.5 Å². The Kier molecular flexibility index (Phi) is 3.49. The third-order valence-electron chi connectivity index (χ3n) is 3.32. The van der Waals surface area contributed by atoms with E-state index in [1.165, 1.54) is 11.3 Å². The molecule has 0 aliphatic rings. The molecule has 0 saturated carbocycles. The smallest absolute Gasteiger partial charge is 0.259 e. The van der Waals surface area contributed by atoms with Crippen molar-refractivity contribution in [2.45, 2.75) is 0 Å². The fourth-order valence-electron chi connectivity index (χ4n) is 2.21. The van der Waals surface area contributed by atoms with Crippen molar-refractivity contribution >= 4 is 44.6 Å². The number of aromatic hydroxyl groups is 1. The molecule has 0 amide bonds. The van der Waals surface area contributed by atoms with Crippen LogP contribution in [0.2, 0.25) is 10.0 Å². The zero-order valence-electron chi connectivity index (χ0n) is 11.5. The van der Waals surface area contributed by atoms with Gasteiger partial charge in [0.2, 0.25) is 5.89 Å². The van der Waals surface area contributed by atoms with Crippen LogP contribution in [0.15, 0.2) is 46.9 Å². The van der Waals surface area contributed by atoms with E-state index in [1.807, 2.05) is 18.2 Å². The van der Waals surface area contributed by atoms with Crippen LogP contribution in [0.1, 0.15) is 0 Å². The number of hydrogen-bond acceptors (Lipinski definition) is 5. The van der Waals surface area contributed by atoms with E-state index in [-0.39, 0.29) is 5.75 Å². The molecule has 0 aliphatic heterocycles. The quantitative estimate of drug-likeness (QED) is 0.501. The summed E-state index contributed by atoms with van der Waals surface area (Å²) in [6.07, 6.45) is 0. The highest BCUT2D eigenvalue weighted by Crippen LogP contribution is 2.42. The van der Waals surface area contributed by atoms with Gasteiger partial charge in [0.05, 0.1) is 5.02 Å². The number of nitrogens with zero attached hydrogens (tertiary/aromatic N) is 2. The van der Waals surface area contributed by atoms with Crippen molar-refractivity contribution in [2.24, 2.45) is 0 Å². The number of fused-ring (bicyclic) bond motifs is 1. The van der Waals surface area contributed by atoms with Crippen molar-refractivity contribution in [3.05, 3.63) is 52.5 Å². The zero-order chi connectivity index (χ0) is 16.0. The van der Waals surface area contributed by atoms with Gasteiger partial charge in [-0.25, -0.2) is 0 Å². The molecule has 2 aromatic heterocycles. The Morgan fingerprint density at radius 1 is 0.957 bits per heavy atom. The normalized spacial score (nSPS) is 11.2. The first kappa shape index (κ1) is 14.5. The Morgan fingerprint density at radius 3 is 2.48 bits per heavy atom. The van der Waals surface area contributed by atoms with E-state index in [0.29, 0.717) is 26.7 Å². The van der Waals surface area contributed by atoms with Gasteiger partial charge in [0.1, 0.15) is 10.6 Å². The molecule has 2 heterocycles. The molecule has 4 rings (SSSR count).